The Morgan fingerprint density at radius 3 is 2.70 bits per heavy atom. The number of nitriles is 1. The second kappa shape index (κ2) is 5.70. The summed E-state index contributed by atoms with van der Waals surface area (Å²) in [6, 6.07) is 6.04. The van der Waals surface area contributed by atoms with Gasteiger partial charge in [0.1, 0.15) is 4.90 Å². The van der Waals surface area contributed by atoms with Crippen LogP contribution in [0, 0.1) is 23.2 Å². The van der Waals surface area contributed by atoms with Crippen LogP contribution >= 0.6 is 11.6 Å². The molecule has 20 heavy (non-hydrogen) atoms. The summed E-state index contributed by atoms with van der Waals surface area (Å²) in [6.07, 6.45) is 0. The minimum atomic E-state index is -3.69. The molecule has 0 radical (unpaired) electrons. The Balaban J connectivity index is 2.35. The van der Waals surface area contributed by atoms with E-state index in [0.717, 1.165) is 0 Å². The van der Waals surface area contributed by atoms with E-state index in [-0.39, 0.29) is 34.9 Å². The molecule has 0 aromatic heterocycles. The van der Waals surface area contributed by atoms with E-state index in [1.54, 1.807) is 0 Å². The van der Waals surface area contributed by atoms with Gasteiger partial charge in [-0.1, -0.05) is 18.5 Å². The maximum atomic E-state index is 12.5. The highest BCUT2D eigenvalue weighted by Gasteiger charge is 2.37. The number of aliphatic hydroxyl groups is 1. The molecule has 1 aliphatic rings. The van der Waals surface area contributed by atoms with Crippen molar-refractivity contribution in [1.82, 2.24) is 4.31 Å². The molecule has 1 aromatic rings. The molecule has 1 N–H and O–H groups in total. The summed E-state index contributed by atoms with van der Waals surface area (Å²) in [5, 5.41) is 18.0. The van der Waals surface area contributed by atoms with Crippen LogP contribution in [0.4, 0.5) is 0 Å². The van der Waals surface area contributed by atoms with E-state index in [1.807, 2.05) is 13.0 Å². The van der Waals surface area contributed by atoms with Gasteiger partial charge in [-0.25, -0.2) is 8.42 Å². The van der Waals surface area contributed by atoms with Crippen LogP contribution in [0.25, 0.3) is 0 Å². The van der Waals surface area contributed by atoms with Gasteiger partial charge in [0, 0.05) is 19.7 Å². The summed E-state index contributed by atoms with van der Waals surface area (Å²) in [4.78, 5) is 0.00366. The fraction of sp³-hybridized carbons (Fsp3) is 0.462. The first-order valence-electron chi connectivity index (χ1n) is 6.20. The van der Waals surface area contributed by atoms with E-state index in [0.29, 0.717) is 12.1 Å². The molecule has 1 fully saturated rings. The Hall–Kier alpha value is -1.13. The second-order valence-corrected chi connectivity index (χ2v) is 7.31. The van der Waals surface area contributed by atoms with Gasteiger partial charge >= 0.3 is 0 Å². The molecule has 0 spiro atoms. The standard InChI is InChI=1S/C13H15ClN2O3S/c1-9-6-16(7-11(9)8-17)20(18,19)13-3-2-10(5-15)4-12(13)14/h2-4,9,11,17H,6-8H2,1H3/t9-,11+/m1/s1. The summed E-state index contributed by atoms with van der Waals surface area (Å²) in [5.74, 6) is 0.0499. The van der Waals surface area contributed by atoms with Crippen LogP contribution in [0.15, 0.2) is 23.1 Å². The monoisotopic (exact) mass is 314 g/mol. The van der Waals surface area contributed by atoms with Crippen molar-refractivity contribution in [3.63, 3.8) is 0 Å². The summed E-state index contributed by atoms with van der Waals surface area (Å²) in [5.41, 5.74) is 0.317. The molecule has 7 heteroatoms. The lowest BCUT2D eigenvalue weighted by Crippen LogP contribution is -2.29. The zero-order valence-electron chi connectivity index (χ0n) is 11.0. The smallest absolute Gasteiger partial charge is 0.244 e. The minimum absolute atomic E-state index is 0.00366. The van der Waals surface area contributed by atoms with Crippen molar-refractivity contribution in [3.05, 3.63) is 28.8 Å². The van der Waals surface area contributed by atoms with E-state index in [9.17, 15) is 13.5 Å². The first-order chi connectivity index (χ1) is 9.40. The predicted molar refractivity (Wildman–Crippen MR) is 74.7 cm³/mol. The van der Waals surface area contributed by atoms with Gasteiger partial charge in [-0.3, -0.25) is 0 Å². The SMILES string of the molecule is C[C@@H]1CN(S(=O)(=O)c2ccc(C#N)cc2Cl)C[C@H]1CO. The molecular weight excluding hydrogens is 300 g/mol. The molecule has 0 unspecified atom stereocenters. The number of halogens is 1. The summed E-state index contributed by atoms with van der Waals surface area (Å²) >= 11 is 5.97. The Labute approximate surface area is 123 Å². The lowest BCUT2D eigenvalue weighted by molar-refractivity contribution is 0.210. The lowest BCUT2D eigenvalue weighted by Gasteiger charge is -2.17. The molecule has 108 valence electrons. The second-order valence-electron chi connectivity index (χ2n) is 5.00. The van der Waals surface area contributed by atoms with E-state index in [4.69, 9.17) is 16.9 Å². The van der Waals surface area contributed by atoms with Crippen LogP contribution in [0.3, 0.4) is 0 Å². The minimum Gasteiger partial charge on any atom is -0.396 e. The molecule has 2 atom stereocenters. The largest absolute Gasteiger partial charge is 0.396 e. The van der Waals surface area contributed by atoms with Gasteiger partial charge in [-0.05, 0) is 30.0 Å². The molecule has 2 rings (SSSR count). The fourth-order valence-corrected chi connectivity index (χ4v) is 4.45. The molecule has 1 aromatic carbocycles. The Bertz CT molecular complexity index is 654. The molecule has 1 saturated heterocycles. The number of nitrogens with zero attached hydrogens (tertiary/aromatic N) is 2. The van der Waals surface area contributed by atoms with Gasteiger partial charge in [0.05, 0.1) is 16.7 Å². The first-order valence-corrected chi connectivity index (χ1v) is 8.02. The third-order valence-corrected chi connectivity index (χ3v) is 5.96. The summed E-state index contributed by atoms with van der Waals surface area (Å²) in [7, 11) is -3.69. The molecule has 0 aliphatic carbocycles. The van der Waals surface area contributed by atoms with Crippen molar-refractivity contribution < 1.29 is 13.5 Å². The third kappa shape index (κ3) is 2.67. The topological polar surface area (TPSA) is 81.4 Å². The highest BCUT2D eigenvalue weighted by molar-refractivity contribution is 7.89. The van der Waals surface area contributed by atoms with Gasteiger partial charge < -0.3 is 5.11 Å². The van der Waals surface area contributed by atoms with Gasteiger partial charge in [0.25, 0.3) is 0 Å². The van der Waals surface area contributed by atoms with Crippen LogP contribution in [0.2, 0.25) is 5.02 Å². The van der Waals surface area contributed by atoms with E-state index in [1.165, 1.54) is 22.5 Å². The molecule has 1 heterocycles. The van der Waals surface area contributed by atoms with E-state index < -0.39 is 10.0 Å². The average Bonchev–Trinajstić information content (AvgIpc) is 2.80. The third-order valence-electron chi connectivity index (χ3n) is 3.65. The van der Waals surface area contributed by atoms with Crippen LogP contribution in [0.1, 0.15) is 12.5 Å². The predicted octanol–water partition coefficient (Wildman–Crippen LogP) is 1.46. The van der Waals surface area contributed by atoms with Crippen molar-refractivity contribution >= 4 is 21.6 Å². The number of aliphatic hydroxyl groups excluding tert-OH is 1. The van der Waals surface area contributed by atoms with Gasteiger partial charge in [-0.2, -0.15) is 9.57 Å². The van der Waals surface area contributed by atoms with Gasteiger partial charge in [0.2, 0.25) is 10.0 Å². The maximum Gasteiger partial charge on any atom is 0.244 e. The number of hydrogen-bond acceptors (Lipinski definition) is 4. The average molecular weight is 315 g/mol. The normalized spacial score (nSPS) is 23.7. The molecular formula is C13H15ClN2O3S. The summed E-state index contributed by atoms with van der Waals surface area (Å²) in [6.45, 7) is 2.53. The van der Waals surface area contributed by atoms with E-state index >= 15 is 0 Å². The first kappa shape index (κ1) is 15.3. The van der Waals surface area contributed by atoms with Crippen molar-refractivity contribution in [2.24, 2.45) is 11.8 Å². The fourth-order valence-electron chi connectivity index (χ4n) is 2.34. The van der Waals surface area contributed by atoms with Gasteiger partial charge in [0.15, 0.2) is 0 Å². The number of benzene rings is 1. The number of rotatable bonds is 3. The van der Waals surface area contributed by atoms with Crippen molar-refractivity contribution in [3.8, 4) is 6.07 Å². The maximum absolute atomic E-state index is 12.5. The molecule has 5 nitrogen and oxygen atoms in total. The Kier molecular flexibility index (Phi) is 4.35. The number of hydrogen-bond donors (Lipinski definition) is 1. The van der Waals surface area contributed by atoms with Crippen molar-refractivity contribution in [2.45, 2.75) is 11.8 Å². The van der Waals surface area contributed by atoms with Crippen LogP contribution in [0.5, 0.6) is 0 Å². The number of sulfonamides is 1. The zero-order valence-corrected chi connectivity index (χ0v) is 12.5. The molecule has 0 amide bonds. The lowest BCUT2D eigenvalue weighted by atomic mass is 10.00. The Morgan fingerprint density at radius 1 is 1.50 bits per heavy atom. The highest BCUT2D eigenvalue weighted by Crippen LogP contribution is 2.31. The van der Waals surface area contributed by atoms with Crippen LogP contribution in [-0.2, 0) is 10.0 Å². The van der Waals surface area contributed by atoms with E-state index in [2.05, 4.69) is 0 Å². The highest BCUT2D eigenvalue weighted by atomic mass is 35.5. The molecule has 0 saturated carbocycles. The zero-order chi connectivity index (χ0) is 14.9. The van der Waals surface area contributed by atoms with Gasteiger partial charge in [-0.15, -0.1) is 0 Å². The quantitative estimate of drug-likeness (QED) is 0.915. The van der Waals surface area contributed by atoms with Crippen LogP contribution in [-0.4, -0.2) is 37.5 Å². The van der Waals surface area contributed by atoms with Crippen molar-refractivity contribution in [1.29, 1.82) is 5.26 Å². The Morgan fingerprint density at radius 2 is 2.20 bits per heavy atom. The van der Waals surface area contributed by atoms with Crippen molar-refractivity contribution in [2.75, 3.05) is 19.7 Å². The summed E-state index contributed by atoms with van der Waals surface area (Å²) < 4.78 is 26.4. The van der Waals surface area contributed by atoms with Crippen LogP contribution < -0.4 is 0 Å². The molecule has 0 bridgehead atoms. The molecule has 1 aliphatic heterocycles.